The number of nitrogens with zero attached hydrogens (tertiary/aromatic N) is 3. The Labute approximate surface area is 181 Å². The molecule has 0 aliphatic carbocycles. The van der Waals surface area contributed by atoms with Crippen LogP contribution in [0.1, 0.15) is 35.9 Å². The maximum atomic E-state index is 12.6. The van der Waals surface area contributed by atoms with Crippen molar-refractivity contribution in [2.75, 3.05) is 5.75 Å². The fraction of sp³-hybridized carbons (Fsp3) is 0.350. The minimum Gasteiger partial charge on any atom is -0.454 e. The topological polar surface area (TPSA) is 142 Å². The van der Waals surface area contributed by atoms with Crippen LogP contribution in [0.25, 0.3) is 11.2 Å². The number of unbranched alkanes of at least 4 members (excludes halogenated alkanes) is 1. The molecule has 1 amide bonds. The van der Waals surface area contributed by atoms with Gasteiger partial charge in [-0.1, -0.05) is 25.5 Å². The molecule has 3 N–H and O–H groups in total. The van der Waals surface area contributed by atoms with Crippen LogP contribution in [-0.2, 0) is 29.7 Å². The average Bonchev–Trinajstić information content (AvgIpc) is 3.07. The van der Waals surface area contributed by atoms with E-state index in [0.29, 0.717) is 22.8 Å². The van der Waals surface area contributed by atoms with Crippen molar-refractivity contribution in [3.63, 3.8) is 0 Å². The number of benzene rings is 1. The van der Waals surface area contributed by atoms with Crippen molar-refractivity contribution in [2.24, 2.45) is 12.8 Å². The second-order valence-corrected chi connectivity index (χ2v) is 7.87. The molecule has 10 nitrogen and oxygen atoms in total. The maximum absolute atomic E-state index is 12.6. The standard InChI is InChI=1S/C20H23N5O5S/c1-3-4-9-25-17-16(18(27)23-20(25)29)24(2)15(22-17)10-30-19(28)12-7-5-6-8-13(12)31-11-14(21)26/h5-8H,3-4,9-11H2,1-2H3,(H2,21,26)(H,23,27,29). The van der Waals surface area contributed by atoms with E-state index >= 15 is 0 Å². The van der Waals surface area contributed by atoms with Gasteiger partial charge in [0.1, 0.15) is 12.4 Å². The molecular formula is C20H23N5O5S. The lowest BCUT2D eigenvalue weighted by molar-refractivity contribution is -0.115. The molecule has 0 aliphatic rings. The number of thioether (sulfide) groups is 1. The highest BCUT2D eigenvalue weighted by atomic mass is 32.2. The summed E-state index contributed by atoms with van der Waals surface area (Å²) in [5, 5.41) is 0. The molecule has 164 valence electrons. The summed E-state index contributed by atoms with van der Waals surface area (Å²) < 4.78 is 8.34. The highest BCUT2D eigenvalue weighted by Crippen LogP contribution is 2.23. The Morgan fingerprint density at radius 3 is 2.71 bits per heavy atom. The molecule has 3 rings (SSSR count). The summed E-state index contributed by atoms with van der Waals surface area (Å²) in [5.41, 5.74) is 4.90. The molecule has 2 aromatic heterocycles. The van der Waals surface area contributed by atoms with Crippen molar-refractivity contribution in [3.8, 4) is 0 Å². The van der Waals surface area contributed by atoms with Gasteiger partial charge in [-0.05, 0) is 18.6 Å². The van der Waals surface area contributed by atoms with E-state index in [9.17, 15) is 19.2 Å². The second kappa shape index (κ2) is 9.65. The molecule has 0 saturated heterocycles. The first-order chi connectivity index (χ1) is 14.8. The monoisotopic (exact) mass is 445 g/mol. The Morgan fingerprint density at radius 2 is 2.00 bits per heavy atom. The Balaban J connectivity index is 1.87. The lowest BCUT2D eigenvalue weighted by Gasteiger charge is -2.08. The summed E-state index contributed by atoms with van der Waals surface area (Å²) in [6.45, 7) is 2.22. The molecule has 11 heteroatoms. The van der Waals surface area contributed by atoms with Gasteiger partial charge in [-0.25, -0.2) is 14.6 Å². The number of primary amides is 1. The quantitative estimate of drug-likeness (QED) is 0.372. The van der Waals surface area contributed by atoms with Gasteiger partial charge in [0.05, 0.1) is 11.3 Å². The van der Waals surface area contributed by atoms with Gasteiger partial charge in [-0.2, -0.15) is 0 Å². The smallest absolute Gasteiger partial charge is 0.339 e. The van der Waals surface area contributed by atoms with Gasteiger partial charge >= 0.3 is 11.7 Å². The van der Waals surface area contributed by atoms with Gasteiger partial charge in [0.15, 0.2) is 11.2 Å². The largest absolute Gasteiger partial charge is 0.454 e. The number of ether oxygens (including phenoxy) is 1. The first-order valence-electron chi connectivity index (χ1n) is 9.69. The SMILES string of the molecule is CCCCn1c(=O)[nH]c(=O)c2c1nc(COC(=O)c1ccccc1SCC(N)=O)n2C. The minimum absolute atomic E-state index is 0.0348. The van der Waals surface area contributed by atoms with Crippen LogP contribution >= 0.6 is 11.8 Å². The number of aryl methyl sites for hydroxylation is 2. The number of H-pyrrole nitrogens is 1. The van der Waals surface area contributed by atoms with E-state index < -0.39 is 23.1 Å². The van der Waals surface area contributed by atoms with Crippen LogP contribution in [0.4, 0.5) is 0 Å². The number of aromatic amines is 1. The van der Waals surface area contributed by atoms with E-state index in [4.69, 9.17) is 10.5 Å². The van der Waals surface area contributed by atoms with Gasteiger partial charge in [0, 0.05) is 18.5 Å². The highest BCUT2D eigenvalue weighted by Gasteiger charge is 2.19. The summed E-state index contributed by atoms with van der Waals surface area (Å²) in [6.07, 6.45) is 1.62. The molecule has 0 spiro atoms. The number of hydrogen-bond acceptors (Lipinski definition) is 7. The van der Waals surface area contributed by atoms with Gasteiger partial charge < -0.3 is 15.0 Å². The van der Waals surface area contributed by atoms with Gasteiger partial charge in [-0.15, -0.1) is 11.8 Å². The number of carbonyl (C=O) groups is 2. The number of esters is 1. The number of rotatable bonds is 9. The predicted molar refractivity (Wildman–Crippen MR) is 116 cm³/mol. The number of hydrogen-bond donors (Lipinski definition) is 2. The first-order valence-corrected chi connectivity index (χ1v) is 10.7. The molecule has 0 unspecified atom stereocenters. The summed E-state index contributed by atoms with van der Waals surface area (Å²) in [4.78, 5) is 55.5. The van der Waals surface area contributed by atoms with Crippen molar-refractivity contribution in [1.82, 2.24) is 19.1 Å². The lowest BCUT2D eigenvalue weighted by Crippen LogP contribution is -2.31. The molecule has 0 aliphatic heterocycles. The molecular weight excluding hydrogens is 422 g/mol. The number of carbonyl (C=O) groups excluding carboxylic acids is 2. The second-order valence-electron chi connectivity index (χ2n) is 6.85. The van der Waals surface area contributed by atoms with E-state index in [2.05, 4.69) is 9.97 Å². The van der Waals surface area contributed by atoms with Crippen LogP contribution in [0.2, 0.25) is 0 Å². The molecule has 0 atom stereocenters. The third-order valence-corrected chi connectivity index (χ3v) is 5.75. The number of fused-ring (bicyclic) bond motifs is 1. The first kappa shape index (κ1) is 22.3. The molecule has 0 fully saturated rings. The van der Waals surface area contributed by atoms with Crippen molar-refractivity contribution in [3.05, 3.63) is 56.5 Å². The Bertz CT molecular complexity index is 1240. The molecule has 0 saturated carbocycles. The van der Waals surface area contributed by atoms with Crippen LogP contribution in [0, 0.1) is 0 Å². The summed E-state index contributed by atoms with van der Waals surface area (Å²) in [6, 6.07) is 6.72. The van der Waals surface area contributed by atoms with Gasteiger partial charge in [0.2, 0.25) is 5.91 Å². The van der Waals surface area contributed by atoms with Crippen molar-refractivity contribution in [1.29, 1.82) is 0 Å². The number of imidazole rings is 1. The van der Waals surface area contributed by atoms with E-state index in [1.54, 1.807) is 31.3 Å². The highest BCUT2D eigenvalue weighted by molar-refractivity contribution is 8.00. The molecule has 3 aromatic rings. The summed E-state index contributed by atoms with van der Waals surface area (Å²) >= 11 is 1.15. The third kappa shape index (κ3) is 4.88. The summed E-state index contributed by atoms with van der Waals surface area (Å²) in [7, 11) is 1.62. The van der Waals surface area contributed by atoms with Crippen LogP contribution in [-0.4, -0.2) is 36.7 Å². The zero-order chi connectivity index (χ0) is 22.5. The molecule has 0 radical (unpaired) electrons. The molecule has 0 bridgehead atoms. The van der Waals surface area contributed by atoms with E-state index in [1.165, 1.54) is 9.13 Å². The minimum atomic E-state index is -0.600. The van der Waals surface area contributed by atoms with Gasteiger partial charge in [-0.3, -0.25) is 19.1 Å². The number of nitrogens with two attached hydrogens (primary N) is 1. The van der Waals surface area contributed by atoms with Crippen LogP contribution in [0.15, 0.2) is 38.8 Å². The van der Waals surface area contributed by atoms with E-state index in [1.807, 2.05) is 6.92 Å². The fourth-order valence-corrected chi connectivity index (χ4v) is 3.84. The van der Waals surface area contributed by atoms with Crippen molar-refractivity contribution in [2.45, 2.75) is 37.8 Å². The number of aromatic nitrogens is 4. The molecule has 2 heterocycles. The maximum Gasteiger partial charge on any atom is 0.339 e. The molecule has 1 aromatic carbocycles. The summed E-state index contributed by atoms with van der Waals surface area (Å²) in [5.74, 6) is -0.733. The predicted octanol–water partition coefficient (Wildman–Crippen LogP) is 1.16. The van der Waals surface area contributed by atoms with Crippen molar-refractivity contribution >= 4 is 34.8 Å². The zero-order valence-corrected chi connectivity index (χ0v) is 18.0. The number of nitrogens with one attached hydrogen (secondary N) is 1. The average molecular weight is 446 g/mol. The zero-order valence-electron chi connectivity index (χ0n) is 17.2. The molecule has 31 heavy (non-hydrogen) atoms. The third-order valence-electron chi connectivity index (χ3n) is 4.65. The van der Waals surface area contributed by atoms with E-state index in [0.717, 1.165) is 24.6 Å². The van der Waals surface area contributed by atoms with Crippen LogP contribution in [0.5, 0.6) is 0 Å². The lowest BCUT2D eigenvalue weighted by atomic mass is 10.2. The number of amides is 1. The van der Waals surface area contributed by atoms with Crippen LogP contribution in [0.3, 0.4) is 0 Å². The Hall–Kier alpha value is -3.34. The van der Waals surface area contributed by atoms with Crippen molar-refractivity contribution < 1.29 is 14.3 Å². The fourth-order valence-electron chi connectivity index (χ4n) is 3.06. The Kier molecular flexibility index (Phi) is 6.95. The van der Waals surface area contributed by atoms with Crippen LogP contribution < -0.4 is 17.0 Å². The van der Waals surface area contributed by atoms with Gasteiger partial charge in [0.25, 0.3) is 5.56 Å². The van der Waals surface area contributed by atoms with E-state index in [-0.39, 0.29) is 23.5 Å². The normalized spacial score (nSPS) is 11.0. The Morgan fingerprint density at radius 1 is 1.26 bits per heavy atom.